The standard InChI is InChI=1S/C30H38ClN5O6/c1-29(2,3)24(35-25(37)15-9-10-41-14-15)28(40)36-13-17-21(30(17,4)5)22(36)27(39)33-16(12-32)11-20-26(38)34-19-8-6-7-18(31)23(19)42-20/h6-8,15-17,20-22,24H,9-11,13-14H2,1-5H3,(H,33,39)(H,34,38)(H,35,37)/t15-,16+,17+,20+,21+,22+,24-/m1/s1. The summed E-state index contributed by atoms with van der Waals surface area (Å²) in [5, 5.41) is 18.7. The molecule has 3 N–H and O–H groups in total. The Hall–Kier alpha value is -3.36. The molecule has 5 rings (SSSR count). The number of anilines is 1. The highest BCUT2D eigenvalue weighted by molar-refractivity contribution is 6.32. The van der Waals surface area contributed by atoms with Crippen LogP contribution >= 0.6 is 11.6 Å². The fourth-order valence-corrected chi connectivity index (χ4v) is 6.75. The summed E-state index contributed by atoms with van der Waals surface area (Å²) >= 11 is 6.23. The summed E-state index contributed by atoms with van der Waals surface area (Å²) in [5.74, 6) is -1.46. The lowest BCUT2D eigenvalue weighted by Crippen LogP contribution is -2.60. The number of ether oxygens (including phenoxy) is 2. The van der Waals surface area contributed by atoms with Gasteiger partial charge in [-0.05, 0) is 41.2 Å². The number of likely N-dealkylation sites (tertiary alicyclic amines) is 1. The lowest BCUT2D eigenvalue weighted by atomic mass is 9.84. The van der Waals surface area contributed by atoms with Gasteiger partial charge in [0, 0.05) is 19.6 Å². The van der Waals surface area contributed by atoms with Crippen molar-refractivity contribution in [1.82, 2.24) is 15.5 Å². The lowest BCUT2D eigenvalue weighted by molar-refractivity contribution is -0.146. The van der Waals surface area contributed by atoms with Gasteiger partial charge in [-0.2, -0.15) is 5.26 Å². The Balaban J connectivity index is 1.31. The van der Waals surface area contributed by atoms with Crippen LogP contribution in [0.3, 0.4) is 0 Å². The molecule has 0 radical (unpaired) electrons. The van der Waals surface area contributed by atoms with Gasteiger partial charge >= 0.3 is 0 Å². The number of halogens is 1. The second-order valence-corrected chi connectivity index (χ2v) is 13.8. The number of carbonyl (C=O) groups is 4. The second-order valence-electron chi connectivity index (χ2n) is 13.4. The van der Waals surface area contributed by atoms with E-state index in [1.165, 1.54) is 0 Å². The highest BCUT2D eigenvalue weighted by Gasteiger charge is 2.69. The third-order valence-electron chi connectivity index (χ3n) is 9.16. The van der Waals surface area contributed by atoms with Crippen LogP contribution in [0.25, 0.3) is 0 Å². The predicted octanol–water partition coefficient (Wildman–Crippen LogP) is 2.49. The summed E-state index contributed by atoms with van der Waals surface area (Å²) < 4.78 is 11.2. The molecular formula is C30H38ClN5O6. The molecule has 0 bridgehead atoms. The molecule has 4 amide bonds. The fraction of sp³-hybridized carbons (Fsp3) is 0.633. The summed E-state index contributed by atoms with van der Waals surface area (Å²) in [7, 11) is 0. The van der Waals surface area contributed by atoms with Gasteiger partial charge in [0.05, 0.1) is 29.3 Å². The fourth-order valence-electron chi connectivity index (χ4n) is 6.54. The van der Waals surface area contributed by atoms with Crippen molar-refractivity contribution in [2.45, 2.75) is 71.7 Å². The number of nitrogens with one attached hydrogen (secondary N) is 3. The van der Waals surface area contributed by atoms with Gasteiger partial charge < -0.3 is 30.3 Å². The SMILES string of the molecule is CC(C)(C)[C@H](NC(=O)[C@@H]1CCOC1)C(=O)N1C[C@H]2[C@@H]([C@H]1C(=O)N[C@H](C#N)C[C@@H]1Oc3c(Cl)cccc3NC1=O)C2(C)C. The van der Waals surface area contributed by atoms with Gasteiger partial charge in [0.2, 0.25) is 17.7 Å². The molecule has 0 unspecified atom stereocenters. The van der Waals surface area contributed by atoms with E-state index in [-0.39, 0.29) is 41.4 Å². The first-order valence-electron chi connectivity index (χ1n) is 14.4. The minimum Gasteiger partial charge on any atom is -0.477 e. The maximum Gasteiger partial charge on any atom is 0.265 e. The number of fused-ring (bicyclic) bond motifs is 2. The second kappa shape index (κ2) is 11.0. The van der Waals surface area contributed by atoms with Gasteiger partial charge in [-0.3, -0.25) is 19.2 Å². The molecule has 7 atom stereocenters. The van der Waals surface area contributed by atoms with E-state index in [1.54, 1.807) is 23.1 Å². The van der Waals surface area contributed by atoms with Gasteiger partial charge in [0.15, 0.2) is 11.9 Å². The first kappa shape index (κ1) is 30.1. The summed E-state index contributed by atoms with van der Waals surface area (Å²) in [6, 6.07) is 4.31. The predicted molar refractivity (Wildman–Crippen MR) is 153 cm³/mol. The molecule has 1 aromatic rings. The zero-order chi connectivity index (χ0) is 30.6. The molecule has 11 nitrogen and oxygen atoms in total. The summed E-state index contributed by atoms with van der Waals surface area (Å²) in [4.78, 5) is 55.1. The Kier molecular flexibility index (Phi) is 7.92. The Labute approximate surface area is 250 Å². The van der Waals surface area contributed by atoms with Crippen molar-refractivity contribution in [1.29, 1.82) is 5.26 Å². The maximum absolute atomic E-state index is 14.0. The number of hydrogen-bond donors (Lipinski definition) is 3. The zero-order valence-electron chi connectivity index (χ0n) is 24.5. The molecule has 2 saturated heterocycles. The Morgan fingerprint density at radius 2 is 1.98 bits per heavy atom. The molecule has 4 aliphatic rings. The normalized spacial score (nSPS) is 28.7. The van der Waals surface area contributed by atoms with Crippen LogP contribution in [0.5, 0.6) is 5.75 Å². The number of carbonyl (C=O) groups excluding carboxylic acids is 4. The van der Waals surface area contributed by atoms with Gasteiger partial charge in [-0.15, -0.1) is 0 Å². The average molecular weight is 600 g/mol. The number of benzene rings is 1. The van der Waals surface area contributed by atoms with Crippen molar-refractivity contribution in [3.05, 3.63) is 23.2 Å². The third kappa shape index (κ3) is 5.54. The van der Waals surface area contributed by atoms with Gasteiger partial charge in [-0.25, -0.2) is 0 Å². The lowest BCUT2D eigenvalue weighted by Gasteiger charge is -2.38. The molecular weight excluding hydrogens is 562 g/mol. The topological polar surface area (TPSA) is 150 Å². The van der Waals surface area contributed by atoms with E-state index in [1.807, 2.05) is 20.8 Å². The van der Waals surface area contributed by atoms with Crippen molar-refractivity contribution >= 4 is 40.9 Å². The molecule has 226 valence electrons. The number of nitrogens with zero attached hydrogens (tertiary/aromatic N) is 2. The molecule has 1 aliphatic carbocycles. The minimum atomic E-state index is -1.06. The van der Waals surface area contributed by atoms with Crippen LogP contribution < -0.4 is 20.7 Å². The Bertz CT molecular complexity index is 1330. The van der Waals surface area contributed by atoms with E-state index < -0.39 is 41.5 Å². The van der Waals surface area contributed by atoms with Gasteiger partial charge in [0.1, 0.15) is 18.1 Å². The number of hydrogen-bond acceptors (Lipinski definition) is 7. The van der Waals surface area contributed by atoms with Crippen LogP contribution in [0.4, 0.5) is 5.69 Å². The minimum absolute atomic E-state index is 0.0970. The van der Waals surface area contributed by atoms with Crippen LogP contribution in [0.15, 0.2) is 18.2 Å². The monoisotopic (exact) mass is 599 g/mol. The van der Waals surface area contributed by atoms with E-state index in [2.05, 4.69) is 35.9 Å². The molecule has 3 heterocycles. The first-order valence-corrected chi connectivity index (χ1v) is 14.8. The molecule has 1 aromatic carbocycles. The van der Waals surface area contributed by atoms with Crippen LogP contribution in [0.2, 0.25) is 5.02 Å². The molecule has 0 spiro atoms. The van der Waals surface area contributed by atoms with E-state index in [0.717, 1.165) is 0 Å². The number of nitriles is 1. The van der Waals surface area contributed by atoms with E-state index in [0.29, 0.717) is 42.6 Å². The Morgan fingerprint density at radius 1 is 1.24 bits per heavy atom. The number of rotatable bonds is 7. The summed E-state index contributed by atoms with van der Waals surface area (Å²) in [5.41, 5.74) is -0.340. The molecule has 1 saturated carbocycles. The van der Waals surface area contributed by atoms with E-state index >= 15 is 0 Å². The molecule has 3 fully saturated rings. The average Bonchev–Trinajstić information content (AvgIpc) is 3.37. The molecule has 42 heavy (non-hydrogen) atoms. The van der Waals surface area contributed by atoms with Crippen molar-refractivity contribution < 1.29 is 28.7 Å². The first-order chi connectivity index (χ1) is 19.7. The highest BCUT2D eigenvalue weighted by atomic mass is 35.5. The molecule has 0 aromatic heterocycles. The van der Waals surface area contributed by atoms with Crippen LogP contribution in [-0.2, 0) is 23.9 Å². The van der Waals surface area contributed by atoms with Crippen molar-refractivity contribution in [2.75, 3.05) is 25.1 Å². The summed E-state index contributed by atoms with van der Waals surface area (Å²) in [6.45, 7) is 11.0. The Morgan fingerprint density at radius 3 is 2.62 bits per heavy atom. The molecule has 3 aliphatic heterocycles. The van der Waals surface area contributed by atoms with E-state index in [9.17, 15) is 24.4 Å². The number of piperidine rings is 1. The number of amides is 4. The van der Waals surface area contributed by atoms with Gasteiger partial charge in [0.25, 0.3) is 5.91 Å². The quantitative estimate of drug-likeness (QED) is 0.436. The van der Waals surface area contributed by atoms with Crippen molar-refractivity contribution in [3.8, 4) is 11.8 Å². The highest BCUT2D eigenvalue weighted by Crippen LogP contribution is 2.65. The van der Waals surface area contributed by atoms with Crippen LogP contribution in [0.1, 0.15) is 47.5 Å². The smallest absolute Gasteiger partial charge is 0.265 e. The number of para-hydroxylation sites is 1. The van der Waals surface area contributed by atoms with Crippen molar-refractivity contribution in [3.63, 3.8) is 0 Å². The van der Waals surface area contributed by atoms with E-state index in [4.69, 9.17) is 21.1 Å². The van der Waals surface area contributed by atoms with Crippen molar-refractivity contribution in [2.24, 2.45) is 28.6 Å². The zero-order valence-corrected chi connectivity index (χ0v) is 25.3. The third-order valence-corrected chi connectivity index (χ3v) is 9.46. The van der Waals surface area contributed by atoms with Crippen LogP contribution in [0, 0.1) is 39.9 Å². The largest absolute Gasteiger partial charge is 0.477 e. The molecule has 12 heteroatoms. The van der Waals surface area contributed by atoms with Gasteiger partial charge in [-0.1, -0.05) is 52.3 Å². The van der Waals surface area contributed by atoms with Crippen LogP contribution in [-0.4, -0.2) is 72.5 Å². The summed E-state index contributed by atoms with van der Waals surface area (Å²) in [6.07, 6.45) is -0.560. The maximum atomic E-state index is 14.0.